The van der Waals surface area contributed by atoms with E-state index in [1.807, 2.05) is 23.7 Å². The van der Waals surface area contributed by atoms with E-state index in [0.717, 1.165) is 29.0 Å². The van der Waals surface area contributed by atoms with Gasteiger partial charge in [0, 0.05) is 13.2 Å². The normalized spacial score (nSPS) is 13.0. The van der Waals surface area contributed by atoms with Crippen LogP contribution in [-0.2, 0) is 7.05 Å². The molecule has 2 aromatic heterocycles. The first kappa shape index (κ1) is 13.7. The van der Waals surface area contributed by atoms with Crippen molar-refractivity contribution in [3.05, 3.63) is 35.5 Å². The summed E-state index contributed by atoms with van der Waals surface area (Å²) in [5, 5.41) is 10.5. The number of benzene rings is 1. The molecule has 0 fully saturated rings. The maximum Gasteiger partial charge on any atom is 0.155 e. The summed E-state index contributed by atoms with van der Waals surface area (Å²) in [6.07, 6.45) is 3.06. The number of imidazole rings is 1. The second-order valence-electron chi connectivity index (χ2n) is 5.81. The maximum absolute atomic E-state index is 10.5. The molecule has 0 aliphatic carbocycles. The summed E-state index contributed by atoms with van der Waals surface area (Å²) in [7, 11) is 2.00. The Kier molecular flexibility index (Phi) is 3.24. The summed E-state index contributed by atoms with van der Waals surface area (Å²) in [6, 6.07) is 6.08. The standard InChI is InChI=1S/C17H21N3O/c1-5-11(3)12-6-7-13-15(16(12)21)19-17(18-13)14-8-10(2)9-20(14)4/h6-9,11,21H,5H2,1-4H3,(H,18,19). The lowest BCUT2D eigenvalue weighted by Gasteiger charge is -2.10. The Morgan fingerprint density at radius 1 is 1.38 bits per heavy atom. The summed E-state index contributed by atoms with van der Waals surface area (Å²) in [6.45, 7) is 6.30. The number of fused-ring (bicyclic) bond motifs is 1. The molecular formula is C17H21N3O. The molecule has 0 spiro atoms. The van der Waals surface area contributed by atoms with Gasteiger partial charge in [0.2, 0.25) is 0 Å². The summed E-state index contributed by atoms with van der Waals surface area (Å²) < 4.78 is 2.04. The van der Waals surface area contributed by atoms with Crippen LogP contribution in [0.3, 0.4) is 0 Å². The number of phenolic OH excluding ortho intramolecular Hbond substituents is 1. The molecule has 2 N–H and O–H groups in total. The molecule has 0 amide bonds. The number of hydrogen-bond donors (Lipinski definition) is 2. The van der Waals surface area contributed by atoms with E-state index in [-0.39, 0.29) is 0 Å². The third-order valence-corrected chi connectivity index (χ3v) is 4.19. The molecule has 21 heavy (non-hydrogen) atoms. The third kappa shape index (κ3) is 2.20. The summed E-state index contributed by atoms with van der Waals surface area (Å²) >= 11 is 0. The highest BCUT2D eigenvalue weighted by Gasteiger charge is 2.16. The van der Waals surface area contributed by atoms with E-state index in [1.54, 1.807) is 0 Å². The van der Waals surface area contributed by atoms with Crippen LogP contribution in [0.25, 0.3) is 22.6 Å². The lowest BCUT2D eigenvalue weighted by molar-refractivity contribution is 0.467. The van der Waals surface area contributed by atoms with Crippen molar-refractivity contribution < 1.29 is 5.11 Å². The van der Waals surface area contributed by atoms with Gasteiger partial charge in [0.05, 0.1) is 11.2 Å². The zero-order valence-corrected chi connectivity index (χ0v) is 12.9. The predicted molar refractivity (Wildman–Crippen MR) is 85.6 cm³/mol. The fourth-order valence-electron chi connectivity index (χ4n) is 2.78. The van der Waals surface area contributed by atoms with Gasteiger partial charge in [0.1, 0.15) is 11.3 Å². The number of rotatable bonds is 3. The first-order valence-corrected chi connectivity index (χ1v) is 7.36. The highest BCUT2D eigenvalue weighted by atomic mass is 16.3. The zero-order chi connectivity index (χ0) is 15.1. The Bertz CT molecular complexity index is 798. The highest BCUT2D eigenvalue weighted by Crippen LogP contribution is 2.34. The Labute approximate surface area is 124 Å². The molecule has 3 aromatic rings. The smallest absolute Gasteiger partial charge is 0.155 e. The Hall–Kier alpha value is -2.23. The number of nitrogens with one attached hydrogen (secondary N) is 1. The van der Waals surface area contributed by atoms with Crippen LogP contribution < -0.4 is 0 Å². The van der Waals surface area contributed by atoms with E-state index < -0.39 is 0 Å². The van der Waals surface area contributed by atoms with Crippen molar-refractivity contribution in [2.24, 2.45) is 7.05 Å². The molecule has 1 unspecified atom stereocenters. The largest absolute Gasteiger partial charge is 0.505 e. The van der Waals surface area contributed by atoms with Gasteiger partial charge in [-0.1, -0.05) is 19.9 Å². The van der Waals surface area contributed by atoms with Crippen molar-refractivity contribution in [1.82, 2.24) is 14.5 Å². The van der Waals surface area contributed by atoms with E-state index in [9.17, 15) is 5.11 Å². The van der Waals surface area contributed by atoms with Gasteiger partial charge in [-0.2, -0.15) is 0 Å². The summed E-state index contributed by atoms with van der Waals surface area (Å²) in [4.78, 5) is 7.91. The molecule has 0 radical (unpaired) electrons. The van der Waals surface area contributed by atoms with E-state index in [2.05, 4.69) is 43.0 Å². The van der Waals surface area contributed by atoms with E-state index in [0.29, 0.717) is 17.2 Å². The number of hydrogen-bond acceptors (Lipinski definition) is 2. The first-order valence-electron chi connectivity index (χ1n) is 7.36. The van der Waals surface area contributed by atoms with Crippen LogP contribution in [0.15, 0.2) is 24.4 Å². The molecule has 110 valence electrons. The average molecular weight is 283 g/mol. The van der Waals surface area contributed by atoms with Crippen LogP contribution in [0.2, 0.25) is 0 Å². The highest BCUT2D eigenvalue weighted by molar-refractivity contribution is 5.85. The molecule has 0 bridgehead atoms. The van der Waals surface area contributed by atoms with Gasteiger partial charge in [0.25, 0.3) is 0 Å². The quantitative estimate of drug-likeness (QED) is 0.760. The molecule has 4 nitrogen and oxygen atoms in total. The van der Waals surface area contributed by atoms with Gasteiger partial charge in [-0.3, -0.25) is 0 Å². The van der Waals surface area contributed by atoms with Crippen molar-refractivity contribution in [3.63, 3.8) is 0 Å². The minimum Gasteiger partial charge on any atom is -0.505 e. The topological polar surface area (TPSA) is 53.8 Å². The Morgan fingerprint density at radius 2 is 2.14 bits per heavy atom. The van der Waals surface area contributed by atoms with Crippen LogP contribution in [0.1, 0.15) is 37.3 Å². The van der Waals surface area contributed by atoms with Crippen molar-refractivity contribution >= 4 is 11.0 Å². The number of nitrogens with zero attached hydrogens (tertiary/aromatic N) is 2. The number of aromatic amines is 1. The number of phenols is 1. The molecule has 1 aromatic carbocycles. The van der Waals surface area contributed by atoms with Crippen LogP contribution in [-0.4, -0.2) is 19.6 Å². The van der Waals surface area contributed by atoms with Gasteiger partial charge < -0.3 is 14.7 Å². The number of aromatic nitrogens is 3. The second-order valence-corrected chi connectivity index (χ2v) is 5.81. The van der Waals surface area contributed by atoms with Crippen LogP contribution in [0.5, 0.6) is 5.75 Å². The summed E-state index contributed by atoms with van der Waals surface area (Å²) in [5.74, 6) is 1.42. The van der Waals surface area contributed by atoms with Gasteiger partial charge in [-0.15, -0.1) is 0 Å². The summed E-state index contributed by atoms with van der Waals surface area (Å²) in [5.41, 5.74) is 4.70. The lowest BCUT2D eigenvalue weighted by atomic mass is 9.97. The van der Waals surface area contributed by atoms with Crippen molar-refractivity contribution in [2.45, 2.75) is 33.1 Å². The van der Waals surface area contributed by atoms with E-state index in [1.165, 1.54) is 5.56 Å². The number of H-pyrrole nitrogens is 1. The maximum atomic E-state index is 10.5. The van der Waals surface area contributed by atoms with Crippen molar-refractivity contribution in [3.8, 4) is 17.3 Å². The predicted octanol–water partition coefficient (Wildman–Crippen LogP) is 4.10. The van der Waals surface area contributed by atoms with E-state index >= 15 is 0 Å². The Morgan fingerprint density at radius 3 is 2.76 bits per heavy atom. The molecule has 0 saturated carbocycles. The van der Waals surface area contributed by atoms with E-state index in [4.69, 9.17) is 0 Å². The minimum absolute atomic E-state index is 0.301. The third-order valence-electron chi connectivity index (χ3n) is 4.19. The van der Waals surface area contributed by atoms with Crippen LogP contribution >= 0.6 is 0 Å². The molecule has 3 rings (SSSR count). The Balaban J connectivity index is 2.16. The van der Waals surface area contributed by atoms with Gasteiger partial charge in [-0.25, -0.2) is 4.98 Å². The van der Waals surface area contributed by atoms with Crippen molar-refractivity contribution in [1.29, 1.82) is 0 Å². The molecule has 2 heterocycles. The second kappa shape index (κ2) is 4.95. The fourth-order valence-corrected chi connectivity index (χ4v) is 2.78. The zero-order valence-electron chi connectivity index (χ0n) is 12.9. The molecule has 0 aliphatic heterocycles. The van der Waals surface area contributed by atoms with Gasteiger partial charge in [0.15, 0.2) is 5.82 Å². The fraction of sp³-hybridized carbons (Fsp3) is 0.353. The monoisotopic (exact) mass is 283 g/mol. The number of aryl methyl sites for hydroxylation is 2. The molecular weight excluding hydrogens is 262 g/mol. The molecule has 4 heteroatoms. The molecule has 1 atom stereocenters. The minimum atomic E-state index is 0.301. The van der Waals surface area contributed by atoms with Gasteiger partial charge in [-0.05, 0) is 42.5 Å². The SMILES string of the molecule is CCC(C)c1ccc2[nH]c(-c3cc(C)cn3C)nc2c1O. The average Bonchev–Trinajstić information content (AvgIpc) is 3.02. The lowest BCUT2D eigenvalue weighted by Crippen LogP contribution is -1.92. The van der Waals surface area contributed by atoms with Crippen LogP contribution in [0, 0.1) is 6.92 Å². The van der Waals surface area contributed by atoms with Crippen LogP contribution in [0.4, 0.5) is 0 Å². The number of aromatic hydroxyl groups is 1. The molecule has 0 saturated heterocycles. The van der Waals surface area contributed by atoms with Crippen molar-refractivity contribution in [2.75, 3.05) is 0 Å². The first-order chi connectivity index (χ1) is 10.0. The van der Waals surface area contributed by atoms with Gasteiger partial charge >= 0.3 is 0 Å². The molecule has 0 aliphatic rings.